The molecule has 5 nitrogen and oxygen atoms in total. The van der Waals surface area contributed by atoms with Crippen molar-refractivity contribution in [2.24, 2.45) is 0 Å². The van der Waals surface area contributed by atoms with Gasteiger partial charge in [0, 0.05) is 24.3 Å². The van der Waals surface area contributed by atoms with E-state index in [4.69, 9.17) is 0 Å². The van der Waals surface area contributed by atoms with Crippen LogP contribution in [0.1, 0.15) is 33.9 Å². The van der Waals surface area contributed by atoms with E-state index in [-0.39, 0.29) is 17.9 Å². The normalized spacial score (nSPS) is 15.7. The average molecular weight is 337 g/mol. The van der Waals surface area contributed by atoms with E-state index in [1.807, 2.05) is 7.05 Å². The molecule has 0 fully saturated rings. The minimum absolute atomic E-state index is 0.0559. The molecule has 0 heterocycles. The lowest BCUT2D eigenvalue weighted by molar-refractivity contribution is -0.117. The van der Waals surface area contributed by atoms with Crippen molar-refractivity contribution in [1.29, 1.82) is 0 Å². The molecular formula is C20H23N3O2. The number of aryl methyl sites for hydroxylation is 1. The molecule has 0 unspecified atom stereocenters. The van der Waals surface area contributed by atoms with Crippen molar-refractivity contribution in [3.05, 3.63) is 65.2 Å². The standard InChI is InChI=1S/C20H23N3O2/c1-21-20(25)15-7-10-16(11-8-15)22-19(24)13-23(2)18-12-9-14-5-3-4-6-17(14)18/h3-8,10-11,18H,9,12-13H2,1-2H3,(H,21,25)(H,22,24)/t18-/m0/s1. The first-order chi connectivity index (χ1) is 12.1. The third-order valence-electron chi connectivity index (χ3n) is 4.68. The third kappa shape index (κ3) is 3.88. The third-order valence-corrected chi connectivity index (χ3v) is 4.68. The molecule has 0 bridgehead atoms. The van der Waals surface area contributed by atoms with Crippen molar-refractivity contribution in [3.8, 4) is 0 Å². The highest BCUT2D eigenvalue weighted by molar-refractivity contribution is 5.96. The SMILES string of the molecule is CNC(=O)c1ccc(NC(=O)CN(C)[C@H]2CCc3ccccc32)cc1. The van der Waals surface area contributed by atoms with Crippen LogP contribution < -0.4 is 10.6 Å². The van der Waals surface area contributed by atoms with E-state index in [9.17, 15) is 9.59 Å². The van der Waals surface area contributed by atoms with Crippen molar-refractivity contribution < 1.29 is 9.59 Å². The largest absolute Gasteiger partial charge is 0.355 e. The summed E-state index contributed by atoms with van der Waals surface area (Å²) >= 11 is 0. The van der Waals surface area contributed by atoms with E-state index in [2.05, 4.69) is 39.8 Å². The van der Waals surface area contributed by atoms with Crippen molar-refractivity contribution in [3.63, 3.8) is 0 Å². The Balaban J connectivity index is 1.58. The molecule has 1 aliphatic carbocycles. The van der Waals surface area contributed by atoms with Crippen LogP contribution in [0.4, 0.5) is 5.69 Å². The predicted molar refractivity (Wildman–Crippen MR) is 98.6 cm³/mol. The molecule has 130 valence electrons. The van der Waals surface area contributed by atoms with Crippen LogP contribution in [0.25, 0.3) is 0 Å². The molecule has 1 aliphatic rings. The van der Waals surface area contributed by atoms with E-state index in [0.29, 0.717) is 17.8 Å². The molecule has 3 rings (SSSR count). The Bertz CT molecular complexity index is 771. The summed E-state index contributed by atoms with van der Waals surface area (Å²) < 4.78 is 0. The van der Waals surface area contributed by atoms with Gasteiger partial charge in [0.05, 0.1) is 6.54 Å². The number of anilines is 1. The van der Waals surface area contributed by atoms with E-state index >= 15 is 0 Å². The number of likely N-dealkylation sites (N-methyl/N-ethyl adjacent to an activating group) is 1. The Hall–Kier alpha value is -2.66. The number of rotatable bonds is 5. The van der Waals surface area contributed by atoms with Gasteiger partial charge >= 0.3 is 0 Å². The molecule has 5 heteroatoms. The number of hydrogen-bond donors (Lipinski definition) is 2. The fourth-order valence-corrected chi connectivity index (χ4v) is 3.38. The second kappa shape index (κ2) is 7.49. The van der Waals surface area contributed by atoms with Crippen molar-refractivity contribution >= 4 is 17.5 Å². The number of benzene rings is 2. The van der Waals surface area contributed by atoms with Crippen LogP contribution in [-0.4, -0.2) is 37.4 Å². The summed E-state index contributed by atoms with van der Waals surface area (Å²) in [5.41, 5.74) is 3.97. The van der Waals surface area contributed by atoms with Gasteiger partial charge in [-0.3, -0.25) is 14.5 Å². The summed E-state index contributed by atoms with van der Waals surface area (Å²) in [6.07, 6.45) is 2.11. The van der Waals surface area contributed by atoms with Gasteiger partial charge in [0.25, 0.3) is 5.91 Å². The summed E-state index contributed by atoms with van der Waals surface area (Å²) in [6, 6.07) is 15.6. The summed E-state index contributed by atoms with van der Waals surface area (Å²) in [4.78, 5) is 26.0. The molecule has 2 aromatic carbocycles. The minimum Gasteiger partial charge on any atom is -0.355 e. The Labute approximate surface area is 148 Å². The van der Waals surface area contributed by atoms with Gasteiger partial charge in [-0.05, 0) is 55.3 Å². The highest BCUT2D eigenvalue weighted by Crippen LogP contribution is 2.34. The maximum absolute atomic E-state index is 12.3. The van der Waals surface area contributed by atoms with Gasteiger partial charge in [0.2, 0.25) is 5.91 Å². The number of hydrogen-bond acceptors (Lipinski definition) is 3. The quantitative estimate of drug-likeness (QED) is 0.882. The number of carbonyl (C=O) groups excluding carboxylic acids is 2. The molecule has 0 spiro atoms. The Morgan fingerprint density at radius 1 is 1.12 bits per heavy atom. The van der Waals surface area contributed by atoms with Crippen LogP contribution in [0.5, 0.6) is 0 Å². The monoisotopic (exact) mass is 337 g/mol. The second-order valence-corrected chi connectivity index (χ2v) is 6.37. The average Bonchev–Trinajstić information content (AvgIpc) is 3.06. The summed E-state index contributed by atoms with van der Waals surface area (Å²) in [5.74, 6) is -0.197. The number of nitrogens with one attached hydrogen (secondary N) is 2. The molecule has 2 aromatic rings. The van der Waals surface area contributed by atoms with Crippen LogP contribution in [-0.2, 0) is 11.2 Å². The lowest BCUT2D eigenvalue weighted by Gasteiger charge is -2.24. The lowest BCUT2D eigenvalue weighted by Crippen LogP contribution is -2.32. The molecule has 0 saturated carbocycles. The molecule has 2 N–H and O–H groups in total. The summed E-state index contributed by atoms with van der Waals surface area (Å²) in [5, 5.41) is 5.47. The Morgan fingerprint density at radius 2 is 1.84 bits per heavy atom. The highest BCUT2D eigenvalue weighted by Gasteiger charge is 2.26. The number of carbonyl (C=O) groups is 2. The van der Waals surface area contributed by atoms with Crippen molar-refractivity contribution in [1.82, 2.24) is 10.2 Å². The minimum atomic E-state index is -0.141. The number of fused-ring (bicyclic) bond motifs is 1. The molecule has 0 saturated heterocycles. The topological polar surface area (TPSA) is 61.4 Å². The first-order valence-corrected chi connectivity index (χ1v) is 8.48. The summed E-state index contributed by atoms with van der Waals surface area (Å²) in [6.45, 7) is 0.330. The van der Waals surface area contributed by atoms with Gasteiger partial charge in [-0.1, -0.05) is 24.3 Å². The van der Waals surface area contributed by atoms with Gasteiger partial charge in [-0.25, -0.2) is 0 Å². The maximum Gasteiger partial charge on any atom is 0.251 e. The van der Waals surface area contributed by atoms with Crippen LogP contribution in [0, 0.1) is 0 Å². The fourth-order valence-electron chi connectivity index (χ4n) is 3.38. The van der Waals surface area contributed by atoms with Crippen LogP contribution >= 0.6 is 0 Å². The molecular weight excluding hydrogens is 314 g/mol. The molecule has 2 amide bonds. The first kappa shape index (κ1) is 17.2. The zero-order chi connectivity index (χ0) is 17.8. The van der Waals surface area contributed by atoms with Gasteiger partial charge in [0.1, 0.15) is 0 Å². The number of amides is 2. The molecule has 0 aromatic heterocycles. The van der Waals surface area contributed by atoms with Gasteiger partial charge in [-0.2, -0.15) is 0 Å². The van der Waals surface area contributed by atoms with Gasteiger partial charge in [-0.15, -0.1) is 0 Å². The molecule has 0 aliphatic heterocycles. The Morgan fingerprint density at radius 3 is 2.56 bits per heavy atom. The maximum atomic E-state index is 12.3. The Kier molecular flexibility index (Phi) is 5.14. The lowest BCUT2D eigenvalue weighted by atomic mass is 10.1. The smallest absolute Gasteiger partial charge is 0.251 e. The second-order valence-electron chi connectivity index (χ2n) is 6.37. The van der Waals surface area contributed by atoms with Gasteiger partial charge in [0.15, 0.2) is 0 Å². The van der Waals surface area contributed by atoms with Crippen LogP contribution in [0.2, 0.25) is 0 Å². The summed E-state index contributed by atoms with van der Waals surface area (Å²) in [7, 11) is 3.58. The van der Waals surface area contributed by atoms with Crippen LogP contribution in [0.3, 0.4) is 0 Å². The van der Waals surface area contributed by atoms with Crippen LogP contribution in [0.15, 0.2) is 48.5 Å². The van der Waals surface area contributed by atoms with Gasteiger partial charge < -0.3 is 10.6 Å². The first-order valence-electron chi connectivity index (χ1n) is 8.48. The van der Waals surface area contributed by atoms with E-state index in [1.54, 1.807) is 31.3 Å². The van der Waals surface area contributed by atoms with E-state index < -0.39 is 0 Å². The van der Waals surface area contributed by atoms with E-state index in [0.717, 1.165) is 12.8 Å². The highest BCUT2D eigenvalue weighted by atomic mass is 16.2. The van der Waals surface area contributed by atoms with Crippen molar-refractivity contribution in [2.45, 2.75) is 18.9 Å². The van der Waals surface area contributed by atoms with E-state index in [1.165, 1.54) is 11.1 Å². The predicted octanol–water partition coefficient (Wildman–Crippen LogP) is 2.60. The fraction of sp³-hybridized carbons (Fsp3) is 0.300. The zero-order valence-corrected chi connectivity index (χ0v) is 14.6. The van der Waals surface area contributed by atoms with Crippen molar-refractivity contribution in [2.75, 3.05) is 26.0 Å². The molecule has 1 atom stereocenters. The molecule has 25 heavy (non-hydrogen) atoms. The molecule has 0 radical (unpaired) electrons. The number of nitrogens with zero attached hydrogens (tertiary/aromatic N) is 1. The zero-order valence-electron chi connectivity index (χ0n) is 14.6.